The molecular formula is C16H24N2O3. The van der Waals surface area contributed by atoms with Gasteiger partial charge in [-0.25, -0.2) is 0 Å². The molecule has 5 heteroatoms. The lowest BCUT2D eigenvalue weighted by atomic mass is 10.0. The number of hydrogen-bond donors (Lipinski definition) is 1. The number of rotatable bonds is 4. The minimum Gasteiger partial charge on any atom is -0.496 e. The molecule has 0 saturated carbocycles. The highest BCUT2D eigenvalue weighted by Gasteiger charge is 2.19. The Bertz CT molecular complexity index is 455. The maximum atomic E-state index is 5.85. The van der Waals surface area contributed by atoms with Gasteiger partial charge in [-0.15, -0.1) is 0 Å². The van der Waals surface area contributed by atoms with Crippen LogP contribution in [-0.2, 0) is 16.0 Å². The van der Waals surface area contributed by atoms with Gasteiger partial charge >= 0.3 is 0 Å². The van der Waals surface area contributed by atoms with Crippen molar-refractivity contribution in [2.45, 2.75) is 12.6 Å². The van der Waals surface area contributed by atoms with Crippen molar-refractivity contribution in [3.63, 3.8) is 0 Å². The van der Waals surface area contributed by atoms with Crippen molar-refractivity contribution in [1.29, 1.82) is 0 Å². The molecule has 0 radical (unpaired) electrons. The van der Waals surface area contributed by atoms with E-state index in [1.807, 2.05) is 0 Å². The molecule has 1 atom stereocenters. The molecule has 1 aromatic carbocycles. The van der Waals surface area contributed by atoms with E-state index in [1.54, 1.807) is 7.11 Å². The summed E-state index contributed by atoms with van der Waals surface area (Å²) in [6.45, 7) is 7.09. The van der Waals surface area contributed by atoms with E-state index in [1.165, 1.54) is 11.1 Å². The van der Waals surface area contributed by atoms with Crippen LogP contribution in [0.25, 0.3) is 0 Å². The van der Waals surface area contributed by atoms with Gasteiger partial charge < -0.3 is 19.5 Å². The average Bonchev–Trinajstić information content (AvgIpc) is 2.56. The van der Waals surface area contributed by atoms with Crippen LogP contribution < -0.4 is 10.1 Å². The Labute approximate surface area is 126 Å². The van der Waals surface area contributed by atoms with Crippen molar-refractivity contribution < 1.29 is 14.2 Å². The molecule has 2 saturated heterocycles. The van der Waals surface area contributed by atoms with E-state index in [-0.39, 0.29) is 6.10 Å². The molecule has 1 N–H and O–H groups in total. The molecule has 2 aliphatic rings. The van der Waals surface area contributed by atoms with Crippen LogP contribution in [0.15, 0.2) is 18.2 Å². The molecule has 0 spiro atoms. The lowest BCUT2D eigenvalue weighted by Crippen LogP contribution is -2.36. The molecule has 0 bridgehead atoms. The van der Waals surface area contributed by atoms with Crippen LogP contribution in [0.2, 0.25) is 0 Å². The second-order valence-corrected chi connectivity index (χ2v) is 5.52. The number of hydrogen-bond acceptors (Lipinski definition) is 5. The third kappa shape index (κ3) is 3.74. The Kier molecular flexibility index (Phi) is 5.08. The van der Waals surface area contributed by atoms with Crippen LogP contribution in [-0.4, -0.2) is 58.0 Å². The molecule has 21 heavy (non-hydrogen) atoms. The van der Waals surface area contributed by atoms with Gasteiger partial charge in [0.1, 0.15) is 5.75 Å². The normalized spacial score (nSPS) is 24.0. The molecule has 2 fully saturated rings. The maximum absolute atomic E-state index is 5.85. The molecule has 0 aliphatic carbocycles. The third-order valence-corrected chi connectivity index (χ3v) is 4.10. The topological polar surface area (TPSA) is 43.0 Å². The van der Waals surface area contributed by atoms with Crippen molar-refractivity contribution in [2.24, 2.45) is 0 Å². The zero-order chi connectivity index (χ0) is 14.5. The Balaban J connectivity index is 1.75. The lowest BCUT2D eigenvalue weighted by Gasteiger charge is -2.28. The quantitative estimate of drug-likeness (QED) is 0.903. The van der Waals surface area contributed by atoms with E-state index >= 15 is 0 Å². The summed E-state index contributed by atoms with van der Waals surface area (Å²) in [5.74, 6) is 0.953. The molecule has 2 heterocycles. The van der Waals surface area contributed by atoms with Crippen molar-refractivity contribution in [3.8, 4) is 5.75 Å². The third-order valence-electron chi connectivity index (χ3n) is 4.10. The largest absolute Gasteiger partial charge is 0.496 e. The fraction of sp³-hybridized carbons (Fsp3) is 0.625. The monoisotopic (exact) mass is 292 g/mol. The van der Waals surface area contributed by atoms with E-state index in [2.05, 4.69) is 28.4 Å². The van der Waals surface area contributed by atoms with Gasteiger partial charge in [-0.1, -0.05) is 6.07 Å². The summed E-state index contributed by atoms with van der Waals surface area (Å²) in [5.41, 5.74) is 2.46. The van der Waals surface area contributed by atoms with E-state index in [4.69, 9.17) is 14.2 Å². The summed E-state index contributed by atoms with van der Waals surface area (Å²) in [6, 6.07) is 6.40. The smallest absolute Gasteiger partial charge is 0.123 e. The van der Waals surface area contributed by atoms with E-state index < -0.39 is 0 Å². The maximum Gasteiger partial charge on any atom is 0.123 e. The lowest BCUT2D eigenvalue weighted by molar-refractivity contribution is 0.0270. The first kappa shape index (κ1) is 14.8. The molecule has 0 amide bonds. The number of benzene rings is 1. The van der Waals surface area contributed by atoms with Crippen LogP contribution in [0, 0.1) is 0 Å². The fourth-order valence-corrected chi connectivity index (χ4v) is 2.90. The van der Waals surface area contributed by atoms with Crippen LogP contribution in [0.5, 0.6) is 5.75 Å². The number of nitrogens with zero attached hydrogens (tertiary/aromatic N) is 1. The van der Waals surface area contributed by atoms with Crippen molar-refractivity contribution >= 4 is 0 Å². The average molecular weight is 292 g/mol. The highest BCUT2D eigenvalue weighted by atomic mass is 16.5. The van der Waals surface area contributed by atoms with Gasteiger partial charge in [-0.05, 0) is 17.7 Å². The SMILES string of the molecule is COc1ccc(C2CNCCO2)cc1CN1CCOCC1. The Morgan fingerprint density at radius 2 is 2.14 bits per heavy atom. The Morgan fingerprint density at radius 3 is 2.86 bits per heavy atom. The molecule has 1 aromatic rings. The first-order valence-corrected chi connectivity index (χ1v) is 7.66. The van der Waals surface area contributed by atoms with E-state index in [0.717, 1.165) is 58.3 Å². The van der Waals surface area contributed by atoms with Crippen molar-refractivity contribution in [3.05, 3.63) is 29.3 Å². The van der Waals surface area contributed by atoms with Crippen molar-refractivity contribution in [2.75, 3.05) is 53.1 Å². The predicted molar refractivity (Wildman–Crippen MR) is 80.7 cm³/mol. The van der Waals surface area contributed by atoms with Crippen LogP contribution in [0.3, 0.4) is 0 Å². The highest BCUT2D eigenvalue weighted by molar-refractivity contribution is 5.38. The number of ether oxygens (including phenoxy) is 3. The van der Waals surface area contributed by atoms with Gasteiger partial charge in [0.2, 0.25) is 0 Å². The number of nitrogens with one attached hydrogen (secondary N) is 1. The highest BCUT2D eigenvalue weighted by Crippen LogP contribution is 2.27. The molecule has 2 aliphatic heterocycles. The summed E-state index contributed by atoms with van der Waals surface area (Å²) >= 11 is 0. The summed E-state index contributed by atoms with van der Waals surface area (Å²) < 4.78 is 16.8. The number of morpholine rings is 2. The standard InChI is InChI=1S/C16H24N2O3/c1-19-15-3-2-13(16-11-17-4-7-21-16)10-14(15)12-18-5-8-20-9-6-18/h2-3,10,16-17H,4-9,11-12H2,1H3. The van der Waals surface area contributed by atoms with Gasteiger partial charge in [0.15, 0.2) is 0 Å². The second kappa shape index (κ2) is 7.22. The summed E-state index contributed by atoms with van der Waals surface area (Å²) in [5, 5.41) is 3.38. The molecule has 0 aromatic heterocycles. The van der Waals surface area contributed by atoms with Crippen LogP contribution >= 0.6 is 0 Å². The van der Waals surface area contributed by atoms with Gasteiger partial charge in [0.05, 0.1) is 33.0 Å². The van der Waals surface area contributed by atoms with Crippen molar-refractivity contribution in [1.82, 2.24) is 10.2 Å². The van der Waals surface area contributed by atoms with E-state index in [0.29, 0.717) is 0 Å². The summed E-state index contributed by atoms with van der Waals surface area (Å²) in [4.78, 5) is 2.41. The first-order valence-electron chi connectivity index (χ1n) is 7.66. The predicted octanol–water partition coefficient (Wildman–Crippen LogP) is 1.19. The molecule has 116 valence electrons. The molecule has 3 rings (SSSR count). The van der Waals surface area contributed by atoms with Gasteiger partial charge in [0.25, 0.3) is 0 Å². The van der Waals surface area contributed by atoms with Crippen LogP contribution in [0.1, 0.15) is 17.2 Å². The fourth-order valence-electron chi connectivity index (χ4n) is 2.90. The van der Waals surface area contributed by atoms with E-state index in [9.17, 15) is 0 Å². The number of methoxy groups -OCH3 is 1. The van der Waals surface area contributed by atoms with Crippen LogP contribution in [0.4, 0.5) is 0 Å². The molecule has 5 nitrogen and oxygen atoms in total. The molecule has 1 unspecified atom stereocenters. The second-order valence-electron chi connectivity index (χ2n) is 5.52. The van der Waals surface area contributed by atoms with Gasteiger partial charge in [0, 0.05) is 38.3 Å². The van der Waals surface area contributed by atoms with Gasteiger partial charge in [-0.3, -0.25) is 4.90 Å². The first-order chi connectivity index (χ1) is 10.4. The zero-order valence-electron chi connectivity index (χ0n) is 12.6. The minimum atomic E-state index is 0.146. The minimum absolute atomic E-state index is 0.146. The molecular weight excluding hydrogens is 268 g/mol. The zero-order valence-corrected chi connectivity index (χ0v) is 12.6. The van der Waals surface area contributed by atoms with Gasteiger partial charge in [-0.2, -0.15) is 0 Å². The summed E-state index contributed by atoms with van der Waals surface area (Å²) in [7, 11) is 1.73. The Hall–Kier alpha value is -1.14. The Morgan fingerprint density at radius 1 is 1.29 bits per heavy atom. The summed E-state index contributed by atoms with van der Waals surface area (Å²) in [6.07, 6.45) is 0.146.